The van der Waals surface area contributed by atoms with Crippen molar-refractivity contribution in [2.24, 2.45) is 5.92 Å². The van der Waals surface area contributed by atoms with Gasteiger partial charge in [0.1, 0.15) is 0 Å². The predicted octanol–water partition coefficient (Wildman–Crippen LogP) is 12.0. The van der Waals surface area contributed by atoms with Crippen LogP contribution < -0.4 is 0 Å². The maximum absolute atomic E-state index is 4.44. The fourth-order valence-electron chi connectivity index (χ4n) is 5.91. The Hall–Kier alpha value is -0.820. The Morgan fingerprint density at radius 3 is 1.68 bits per heavy atom. The highest BCUT2D eigenvalue weighted by atomic mass is 15.1. The van der Waals surface area contributed by atoms with Crippen LogP contribution in [-0.2, 0) is 0 Å². The van der Waals surface area contributed by atoms with Gasteiger partial charge in [0.15, 0.2) is 0 Å². The largest absolute Gasteiger partial charge is 0.303 e. The molecule has 0 amide bonds. The molecule has 1 unspecified atom stereocenters. The maximum Gasteiger partial charge on any atom is -0.00157 e. The van der Waals surface area contributed by atoms with Gasteiger partial charge in [-0.15, -0.1) is 0 Å². The van der Waals surface area contributed by atoms with Crippen LogP contribution in [0.3, 0.4) is 0 Å². The minimum absolute atomic E-state index is 0.869. The quantitative estimate of drug-likeness (QED) is 0.0779. The number of likely N-dealkylation sites (tertiary alicyclic amines) is 1. The lowest BCUT2D eigenvalue weighted by Crippen LogP contribution is -2.20. The van der Waals surface area contributed by atoms with Crippen molar-refractivity contribution in [2.75, 3.05) is 19.6 Å². The zero-order chi connectivity index (χ0) is 26.8. The van der Waals surface area contributed by atoms with Crippen molar-refractivity contribution in [3.8, 4) is 0 Å². The SMILES string of the molecule is C=C(CCCCCCCCCC/C=C\CCCCC)CCC(CCC)CCC(=C)CCCN1CCCC1. The molecule has 37 heavy (non-hydrogen) atoms. The summed E-state index contributed by atoms with van der Waals surface area (Å²) in [4.78, 5) is 2.63. The molecule has 0 aromatic heterocycles. The van der Waals surface area contributed by atoms with Gasteiger partial charge in [-0.25, -0.2) is 0 Å². The van der Waals surface area contributed by atoms with Crippen molar-refractivity contribution < 1.29 is 0 Å². The Morgan fingerprint density at radius 1 is 0.595 bits per heavy atom. The van der Waals surface area contributed by atoms with E-state index in [1.165, 1.54) is 185 Å². The third-order valence-corrected chi connectivity index (χ3v) is 8.50. The van der Waals surface area contributed by atoms with Crippen LogP contribution in [0.1, 0.15) is 168 Å². The van der Waals surface area contributed by atoms with Gasteiger partial charge in [-0.2, -0.15) is 0 Å². The molecule has 216 valence electrons. The van der Waals surface area contributed by atoms with Gasteiger partial charge in [0.2, 0.25) is 0 Å². The average Bonchev–Trinajstić information content (AvgIpc) is 3.41. The molecule has 1 heterocycles. The summed E-state index contributed by atoms with van der Waals surface area (Å²) in [6, 6.07) is 0. The lowest BCUT2D eigenvalue weighted by atomic mass is 9.88. The first-order chi connectivity index (χ1) is 18.2. The van der Waals surface area contributed by atoms with Crippen molar-refractivity contribution in [1.82, 2.24) is 4.90 Å². The number of hydrogen-bond acceptors (Lipinski definition) is 1. The summed E-state index contributed by atoms with van der Waals surface area (Å²) in [5.41, 5.74) is 3.00. The molecule has 1 atom stereocenters. The van der Waals surface area contributed by atoms with Gasteiger partial charge in [-0.3, -0.25) is 0 Å². The van der Waals surface area contributed by atoms with Crippen LogP contribution in [0, 0.1) is 5.92 Å². The van der Waals surface area contributed by atoms with E-state index in [2.05, 4.69) is 44.1 Å². The Kier molecular flexibility index (Phi) is 23.5. The lowest BCUT2D eigenvalue weighted by molar-refractivity contribution is 0.332. The van der Waals surface area contributed by atoms with E-state index in [-0.39, 0.29) is 0 Å². The van der Waals surface area contributed by atoms with Crippen molar-refractivity contribution >= 4 is 0 Å². The monoisotopic (exact) mass is 514 g/mol. The molecular formula is C36H67N. The summed E-state index contributed by atoms with van der Waals surface area (Å²) in [5.74, 6) is 0.869. The first-order valence-electron chi connectivity index (χ1n) is 16.9. The fraction of sp³-hybridized carbons (Fsp3) is 0.833. The summed E-state index contributed by atoms with van der Waals surface area (Å²) in [7, 11) is 0. The van der Waals surface area contributed by atoms with Crippen LogP contribution in [0.5, 0.6) is 0 Å². The van der Waals surface area contributed by atoms with Crippen LogP contribution in [0.15, 0.2) is 36.5 Å². The first kappa shape index (κ1) is 34.2. The predicted molar refractivity (Wildman–Crippen MR) is 170 cm³/mol. The molecule has 1 rings (SSSR count). The molecule has 1 saturated heterocycles. The van der Waals surface area contributed by atoms with E-state index < -0.39 is 0 Å². The normalized spacial score (nSPS) is 15.1. The van der Waals surface area contributed by atoms with E-state index in [1.807, 2.05) is 0 Å². The zero-order valence-electron chi connectivity index (χ0n) is 25.7. The van der Waals surface area contributed by atoms with E-state index in [0.717, 1.165) is 5.92 Å². The fourth-order valence-corrected chi connectivity index (χ4v) is 5.91. The van der Waals surface area contributed by atoms with Crippen molar-refractivity contribution in [1.29, 1.82) is 0 Å². The third kappa shape index (κ3) is 21.8. The Labute approximate surface area is 234 Å². The highest BCUT2D eigenvalue weighted by molar-refractivity contribution is 4.96. The smallest absolute Gasteiger partial charge is 0.00157 e. The zero-order valence-corrected chi connectivity index (χ0v) is 25.7. The van der Waals surface area contributed by atoms with Gasteiger partial charge in [-0.1, -0.05) is 115 Å². The molecule has 0 N–H and O–H groups in total. The van der Waals surface area contributed by atoms with Crippen LogP contribution in [0.4, 0.5) is 0 Å². The highest BCUT2D eigenvalue weighted by Crippen LogP contribution is 2.26. The van der Waals surface area contributed by atoms with E-state index in [0.29, 0.717) is 0 Å². The van der Waals surface area contributed by atoms with Gasteiger partial charge in [0.25, 0.3) is 0 Å². The molecule has 0 aromatic carbocycles. The van der Waals surface area contributed by atoms with Gasteiger partial charge in [0, 0.05) is 0 Å². The standard InChI is InChI=1S/C36H67N/c1-5-7-8-9-10-11-12-13-14-15-16-17-18-19-20-25-34(3)27-29-36(24-6-2)30-28-35(4)26-23-33-37-31-21-22-32-37/h10-11,36H,3-9,12-33H2,1-2H3/b11-10-. The molecule has 1 heteroatoms. The van der Waals surface area contributed by atoms with E-state index >= 15 is 0 Å². The molecule has 1 aliphatic heterocycles. The Bertz CT molecular complexity index is 553. The van der Waals surface area contributed by atoms with Crippen molar-refractivity contribution in [3.63, 3.8) is 0 Å². The summed E-state index contributed by atoms with van der Waals surface area (Å²) < 4.78 is 0. The molecule has 1 aliphatic rings. The minimum Gasteiger partial charge on any atom is -0.303 e. The molecule has 0 aliphatic carbocycles. The molecule has 1 fully saturated rings. The third-order valence-electron chi connectivity index (χ3n) is 8.50. The van der Waals surface area contributed by atoms with Crippen LogP contribution in [0.25, 0.3) is 0 Å². The molecule has 0 spiro atoms. The van der Waals surface area contributed by atoms with E-state index in [9.17, 15) is 0 Å². The molecule has 0 bridgehead atoms. The number of rotatable bonds is 27. The molecular weight excluding hydrogens is 446 g/mol. The number of hydrogen-bond donors (Lipinski definition) is 0. The van der Waals surface area contributed by atoms with E-state index in [4.69, 9.17) is 0 Å². The second-order valence-electron chi connectivity index (χ2n) is 12.2. The molecule has 0 aromatic rings. The topological polar surface area (TPSA) is 3.24 Å². The molecule has 1 nitrogen and oxygen atoms in total. The Morgan fingerprint density at radius 2 is 1.11 bits per heavy atom. The van der Waals surface area contributed by atoms with Gasteiger partial charge < -0.3 is 4.90 Å². The van der Waals surface area contributed by atoms with Crippen LogP contribution in [-0.4, -0.2) is 24.5 Å². The molecule has 0 radical (unpaired) electrons. The number of allylic oxidation sites excluding steroid dienone is 4. The first-order valence-corrected chi connectivity index (χ1v) is 16.9. The van der Waals surface area contributed by atoms with Crippen LogP contribution >= 0.6 is 0 Å². The van der Waals surface area contributed by atoms with Crippen molar-refractivity contribution in [2.45, 2.75) is 168 Å². The average molecular weight is 514 g/mol. The minimum atomic E-state index is 0.869. The van der Waals surface area contributed by atoms with Gasteiger partial charge in [-0.05, 0) is 115 Å². The molecule has 0 saturated carbocycles. The van der Waals surface area contributed by atoms with Crippen LogP contribution in [0.2, 0.25) is 0 Å². The lowest BCUT2D eigenvalue weighted by Gasteiger charge is -2.18. The number of unbranched alkanes of at least 4 members (excludes halogenated alkanes) is 11. The van der Waals surface area contributed by atoms with Gasteiger partial charge >= 0.3 is 0 Å². The highest BCUT2D eigenvalue weighted by Gasteiger charge is 2.12. The Balaban J connectivity index is 1.94. The second kappa shape index (κ2) is 25.5. The summed E-state index contributed by atoms with van der Waals surface area (Å²) in [6.45, 7) is 17.4. The summed E-state index contributed by atoms with van der Waals surface area (Å²) in [5, 5.41) is 0. The maximum atomic E-state index is 4.44. The summed E-state index contributed by atoms with van der Waals surface area (Å²) >= 11 is 0. The summed E-state index contributed by atoms with van der Waals surface area (Å²) in [6.07, 6.45) is 37.2. The number of nitrogens with zero attached hydrogens (tertiary/aromatic N) is 1. The van der Waals surface area contributed by atoms with E-state index in [1.54, 1.807) is 0 Å². The van der Waals surface area contributed by atoms with Crippen molar-refractivity contribution in [3.05, 3.63) is 36.5 Å². The second-order valence-corrected chi connectivity index (χ2v) is 12.2. The van der Waals surface area contributed by atoms with Gasteiger partial charge in [0.05, 0.1) is 0 Å².